The van der Waals surface area contributed by atoms with Crippen molar-refractivity contribution in [2.45, 2.75) is 26.3 Å². The fourth-order valence-corrected chi connectivity index (χ4v) is 1.91. The summed E-state index contributed by atoms with van der Waals surface area (Å²) in [7, 11) is 0. The van der Waals surface area contributed by atoms with E-state index in [2.05, 4.69) is 50.2 Å². The molecule has 18 heavy (non-hydrogen) atoms. The van der Waals surface area contributed by atoms with Crippen molar-refractivity contribution in [3.63, 3.8) is 0 Å². The molecule has 5 nitrogen and oxygen atoms in total. The second-order valence-electron chi connectivity index (χ2n) is 4.28. The summed E-state index contributed by atoms with van der Waals surface area (Å²) >= 11 is 3.40. The fraction of sp³-hybridized carbons (Fsp3) is 0.417. The predicted molar refractivity (Wildman–Crippen MR) is 74.5 cm³/mol. The Morgan fingerprint density at radius 1 is 1.39 bits per heavy atom. The van der Waals surface area contributed by atoms with Crippen molar-refractivity contribution in [2.75, 3.05) is 11.9 Å². The molecule has 0 fully saturated rings. The van der Waals surface area contributed by atoms with Gasteiger partial charge in [0.15, 0.2) is 0 Å². The van der Waals surface area contributed by atoms with Crippen molar-refractivity contribution in [2.24, 2.45) is 0 Å². The topological polar surface area (TPSA) is 55.6 Å². The lowest BCUT2D eigenvalue weighted by atomic mass is 10.2. The van der Waals surface area contributed by atoms with Gasteiger partial charge in [0, 0.05) is 30.9 Å². The molecular weight excluding hydrogens is 294 g/mol. The molecule has 2 aromatic rings. The summed E-state index contributed by atoms with van der Waals surface area (Å²) < 4.78 is 2.69. The van der Waals surface area contributed by atoms with Crippen molar-refractivity contribution < 1.29 is 0 Å². The second kappa shape index (κ2) is 5.95. The number of nitrogens with one attached hydrogen (secondary N) is 1. The molecule has 0 atom stereocenters. The molecule has 0 unspecified atom stereocenters. The zero-order valence-corrected chi connectivity index (χ0v) is 12.1. The van der Waals surface area contributed by atoms with E-state index < -0.39 is 0 Å². The molecule has 0 bridgehead atoms. The van der Waals surface area contributed by atoms with Crippen molar-refractivity contribution in [1.82, 2.24) is 19.7 Å². The van der Waals surface area contributed by atoms with Gasteiger partial charge in [-0.15, -0.1) is 0 Å². The highest BCUT2D eigenvalue weighted by Gasteiger charge is 2.06. The van der Waals surface area contributed by atoms with E-state index in [1.54, 1.807) is 6.20 Å². The molecule has 0 aliphatic carbocycles. The van der Waals surface area contributed by atoms with E-state index in [0.717, 1.165) is 29.3 Å². The molecule has 0 amide bonds. The van der Waals surface area contributed by atoms with E-state index in [0.29, 0.717) is 5.92 Å². The smallest absolute Gasteiger partial charge is 0.134 e. The molecule has 1 N–H and O–H groups in total. The van der Waals surface area contributed by atoms with Gasteiger partial charge < -0.3 is 5.32 Å². The fourth-order valence-electron chi connectivity index (χ4n) is 1.52. The zero-order chi connectivity index (χ0) is 13.0. The van der Waals surface area contributed by atoms with Crippen molar-refractivity contribution in [3.8, 4) is 0 Å². The van der Waals surface area contributed by atoms with Crippen molar-refractivity contribution >= 4 is 21.7 Å². The standard InChI is InChI=1S/C12H16BrN5/c1-9(2)12-16-10(13)8-11(17-12)14-5-7-18-6-3-4-15-18/h3-4,6,8-9H,5,7H2,1-2H3,(H,14,16,17). The molecule has 0 aliphatic heterocycles. The van der Waals surface area contributed by atoms with Crippen LogP contribution in [0.1, 0.15) is 25.6 Å². The third-order valence-corrected chi connectivity index (χ3v) is 2.84. The Bertz CT molecular complexity index is 495. The molecule has 0 spiro atoms. The summed E-state index contributed by atoms with van der Waals surface area (Å²) in [5.41, 5.74) is 0. The lowest BCUT2D eigenvalue weighted by Crippen LogP contribution is -2.12. The number of hydrogen-bond acceptors (Lipinski definition) is 4. The number of aromatic nitrogens is 4. The van der Waals surface area contributed by atoms with Crippen LogP contribution in [0.3, 0.4) is 0 Å². The van der Waals surface area contributed by atoms with E-state index in [-0.39, 0.29) is 0 Å². The lowest BCUT2D eigenvalue weighted by molar-refractivity contribution is 0.636. The summed E-state index contributed by atoms with van der Waals surface area (Å²) in [6.07, 6.45) is 3.72. The van der Waals surface area contributed by atoms with Crippen LogP contribution in [-0.2, 0) is 6.54 Å². The van der Waals surface area contributed by atoms with Gasteiger partial charge in [0.2, 0.25) is 0 Å². The van der Waals surface area contributed by atoms with Crippen LogP contribution in [0, 0.1) is 0 Å². The Morgan fingerprint density at radius 2 is 2.22 bits per heavy atom. The summed E-state index contributed by atoms with van der Waals surface area (Å²) in [6.45, 7) is 5.75. The molecule has 96 valence electrons. The highest BCUT2D eigenvalue weighted by molar-refractivity contribution is 9.10. The Kier molecular flexibility index (Phi) is 4.30. The number of hydrogen-bond donors (Lipinski definition) is 1. The first-order chi connectivity index (χ1) is 8.65. The summed E-state index contributed by atoms with van der Waals surface area (Å²) in [6, 6.07) is 3.80. The zero-order valence-electron chi connectivity index (χ0n) is 10.5. The third-order valence-electron chi connectivity index (χ3n) is 2.43. The largest absolute Gasteiger partial charge is 0.368 e. The monoisotopic (exact) mass is 309 g/mol. The third kappa shape index (κ3) is 3.53. The molecule has 0 radical (unpaired) electrons. The molecule has 0 saturated carbocycles. The SMILES string of the molecule is CC(C)c1nc(Br)cc(NCCn2cccn2)n1. The van der Waals surface area contributed by atoms with E-state index in [1.165, 1.54) is 0 Å². The molecular formula is C12H16BrN5. The van der Waals surface area contributed by atoms with Crippen LogP contribution >= 0.6 is 15.9 Å². The van der Waals surface area contributed by atoms with Crippen LogP contribution < -0.4 is 5.32 Å². The van der Waals surface area contributed by atoms with E-state index in [4.69, 9.17) is 0 Å². The van der Waals surface area contributed by atoms with E-state index >= 15 is 0 Å². The van der Waals surface area contributed by atoms with Crippen molar-refractivity contribution in [3.05, 3.63) is 35.0 Å². The van der Waals surface area contributed by atoms with Gasteiger partial charge in [-0.2, -0.15) is 5.10 Å². The number of rotatable bonds is 5. The van der Waals surface area contributed by atoms with Gasteiger partial charge in [-0.05, 0) is 22.0 Å². The first kappa shape index (κ1) is 13.0. The summed E-state index contributed by atoms with van der Waals surface area (Å²) in [5, 5.41) is 7.42. The van der Waals surface area contributed by atoms with Gasteiger partial charge in [0.25, 0.3) is 0 Å². The van der Waals surface area contributed by atoms with Gasteiger partial charge >= 0.3 is 0 Å². The maximum atomic E-state index is 4.47. The maximum absolute atomic E-state index is 4.47. The molecule has 6 heteroatoms. The minimum Gasteiger partial charge on any atom is -0.368 e. The van der Waals surface area contributed by atoms with Gasteiger partial charge in [-0.1, -0.05) is 13.8 Å². The molecule has 0 aliphatic rings. The number of nitrogens with zero attached hydrogens (tertiary/aromatic N) is 4. The van der Waals surface area contributed by atoms with Crippen LogP contribution in [0.4, 0.5) is 5.82 Å². The van der Waals surface area contributed by atoms with Crippen LogP contribution in [0.15, 0.2) is 29.1 Å². The average Bonchev–Trinajstić information content (AvgIpc) is 2.81. The van der Waals surface area contributed by atoms with Gasteiger partial charge in [-0.25, -0.2) is 9.97 Å². The predicted octanol–water partition coefficient (Wildman–Crippen LogP) is 2.67. The minimum atomic E-state index is 0.314. The highest BCUT2D eigenvalue weighted by Crippen LogP contribution is 2.17. The Morgan fingerprint density at radius 3 is 2.89 bits per heavy atom. The second-order valence-corrected chi connectivity index (χ2v) is 5.10. The molecule has 2 heterocycles. The molecule has 2 rings (SSSR count). The first-order valence-electron chi connectivity index (χ1n) is 5.91. The van der Waals surface area contributed by atoms with E-state index in [1.807, 2.05) is 23.0 Å². The Hall–Kier alpha value is -1.43. The van der Waals surface area contributed by atoms with Crippen LogP contribution in [-0.4, -0.2) is 26.3 Å². The van der Waals surface area contributed by atoms with Crippen molar-refractivity contribution in [1.29, 1.82) is 0 Å². The van der Waals surface area contributed by atoms with Gasteiger partial charge in [0.05, 0.1) is 6.54 Å². The lowest BCUT2D eigenvalue weighted by Gasteiger charge is -2.09. The number of anilines is 1. The quantitative estimate of drug-likeness (QED) is 0.863. The van der Waals surface area contributed by atoms with Gasteiger partial charge in [-0.3, -0.25) is 4.68 Å². The van der Waals surface area contributed by atoms with Crippen LogP contribution in [0.25, 0.3) is 0 Å². The van der Waals surface area contributed by atoms with Crippen LogP contribution in [0.2, 0.25) is 0 Å². The normalized spacial score (nSPS) is 10.9. The van der Waals surface area contributed by atoms with E-state index in [9.17, 15) is 0 Å². The molecule has 0 saturated heterocycles. The molecule has 0 aromatic carbocycles. The Labute approximate surface area is 115 Å². The maximum Gasteiger partial charge on any atom is 0.134 e. The van der Waals surface area contributed by atoms with Gasteiger partial charge in [0.1, 0.15) is 16.2 Å². The average molecular weight is 310 g/mol. The highest BCUT2D eigenvalue weighted by atomic mass is 79.9. The summed E-state index contributed by atoms with van der Waals surface area (Å²) in [5.74, 6) is 1.99. The minimum absolute atomic E-state index is 0.314. The first-order valence-corrected chi connectivity index (χ1v) is 6.70. The number of halogens is 1. The van der Waals surface area contributed by atoms with Crippen LogP contribution in [0.5, 0.6) is 0 Å². The summed E-state index contributed by atoms with van der Waals surface area (Å²) in [4.78, 5) is 8.81. The Balaban J connectivity index is 1.96. The molecule has 2 aromatic heterocycles.